The Kier molecular flexibility index (Phi) is 9.58. The van der Waals surface area contributed by atoms with Crippen LogP contribution in [0.25, 0.3) is 0 Å². The molecule has 0 bridgehead atoms. The second-order valence-electron chi connectivity index (χ2n) is 5.87. The molecule has 0 atom stereocenters. The number of amides is 1. The van der Waals surface area contributed by atoms with Crippen LogP contribution in [0.15, 0.2) is 23.3 Å². The van der Waals surface area contributed by atoms with Gasteiger partial charge in [-0.25, -0.2) is 5.43 Å². The van der Waals surface area contributed by atoms with Crippen molar-refractivity contribution in [2.45, 2.75) is 59.3 Å². The van der Waals surface area contributed by atoms with Crippen molar-refractivity contribution in [3.05, 3.63) is 23.8 Å². The van der Waals surface area contributed by atoms with E-state index in [9.17, 15) is 9.90 Å². The molecule has 24 heavy (non-hydrogen) atoms. The van der Waals surface area contributed by atoms with Crippen LogP contribution >= 0.6 is 0 Å². The predicted molar refractivity (Wildman–Crippen MR) is 101 cm³/mol. The van der Waals surface area contributed by atoms with Gasteiger partial charge in [0.1, 0.15) is 5.75 Å². The number of hydrogen-bond donors (Lipinski definition) is 2. The van der Waals surface area contributed by atoms with Gasteiger partial charge in [0.15, 0.2) is 0 Å². The summed E-state index contributed by atoms with van der Waals surface area (Å²) in [7, 11) is 0. The van der Waals surface area contributed by atoms with Crippen molar-refractivity contribution in [1.29, 1.82) is 0 Å². The quantitative estimate of drug-likeness (QED) is 0.365. The molecule has 0 unspecified atom stereocenters. The number of unbranched alkanes of at least 4 members (excludes halogenated alkanes) is 4. The third-order valence-electron chi connectivity index (χ3n) is 4.04. The lowest BCUT2D eigenvalue weighted by Crippen LogP contribution is -2.21. The van der Waals surface area contributed by atoms with Gasteiger partial charge in [-0.05, 0) is 32.4 Å². The fourth-order valence-corrected chi connectivity index (χ4v) is 2.55. The highest BCUT2D eigenvalue weighted by atomic mass is 16.3. The molecule has 0 aliphatic rings. The smallest absolute Gasteiger partial charge is 0.240 e. The summed E-state index contributed by atoms with van der Waals surface area (Å²) in [5.41, 5.74) is 4.09. The maximum absolute atomic E-state index is 11.7. The zero-order valence-corrected chi connectivity index (χ0v) is 15.2. The molecule has 0 spiro atoms. The summed E-state index contributed by atoms with van der Waals surface area (Å²) < 4.78 is 0. The molecule has 134 valence electrons. The number of carbonyl (C=O) groups excluding carboxylic acids is 1. The van der Waals surface area contributed by atoms with Crippen LogP contribution in [0.2, 0.25) is 0 Å². The molecule has 1 aromatic rings. The summed E-state index contributed by atoms with van der Waals surface area (Å²) in [6.45, 7) is 8.10. The lowest BCUT2D eigenvalue weighted by atomic mass is 10.1. The Morgan fingerprint density at radius 3 is 2.50 bits per heavy atom. The molecule has 0 fully saturated rings. The van der Waals surface area contributed by atoms with Crippen molar-refractivity contribution in [2.75, 3.05) is 18.0 Å². The minimum absolute atomic E-state index is 0.0815. The highest BCUT2D eigenvalue weighted by Gasteiger charge is 2.05. The third kappa shape index (κ3) is 7.02. The van der Waals surface area contributed by atoms with Crippen LogP contribution in [0.1, 0.15) is 64.9 Å². The molecule has 1 amide bonds. The number of anilines is 1. The Hall–Kier alpha value is -2.04. The largest absolute Gasteiger partial charge is 0.507 e. The first-order chi connectivity index (χ1) is 11.6. The van der Waals surface area contributed by atoms with Crippen molar-refractivity contribution in [2.24, 2.45) is 5.10 Å². The van der Waals surface area contributed by atoms with Gasteiger partial charge in [0.05, 0.1) is 6.21 Å². The number of phenolic OH excluding ortho intramolecular Hbond substituents is 1. The Morgan fingerprint density at radius 2 is 1.88 bits per heavy atom. The molecule has 0 aliphatic heterocycles. The van der Waals surface area contributed by atoms with Gasteiger partial charge in [0.25, 0.3) is 0 Å². The first-order valence-corrected chi connectivity index (χ1v) is 9.02. The normalized spacial score (nSPS) is 11.0. The van der Waals surface area contributed by atoms with E-state index in [1.165, 1.54) is 25.5 Å². The van der Waals surface area contributed by atoms with Crippen molar-refractivity contribution >= 4 is 17.8 Å². The summed E-state index contributed by atoms with van der Waals surface area (Å²) in [6, 6.07) is 5.48. The van der Waals surface area contributed by atoms with E-state index in [4.69, 9.17) is 0 Å². The first kappa shape index (κ1) is 20.0. The van der Waals surface area contributed by atoms with E-state index >= 15 is 0 Å². The van der Waals surface area contributed by atoms with Gasteiger partial charge in [-0.3, -0.25) is 4.79 Å². The van der Waals surface area contributed by atoms with Crippen molar-refractivity contribution in [3.8, 4) is 5.75 Å². The van der Waals surface area contributed by atoms with E-state index in [-0.39, 0.29) is 11.7 Å². The number of nitrogens with one attached hydrogen (secondary N) is 1. The minimum atomic E-state index is -0.0815. The molecule has 0 aliphatic carbocycles. The maximum atomic E-state index is 11.7. The van der Waals surface area contributed by atoms with E-state index in [1.807, 2.05) is 12.1 Å². The number of nitrogens with zero attached hydrogens (tertiary/aromatic N) is 2. The molecule has 1 rings (SSSR count). The molecular formula is C19H31N3O2. The molecular weight excluding hydrogens is 302 g/mol. The van der Waals surface area contributed by atoms with Crippen LogP contribution < -0.4 is 10.3 Å². The van der Waals surface area contributed by atoms with Gasteiger partial charge < -0.3 is 10.0 Å². The van der Waals surface area contributed by atoms with E-state index < -0.39 is 0 Å². The van der Waals surface area contributed by atoms with Crippen LogP contribution in [0.4, 0.5) is 5.69 Å². The summed E-state index contributed by atoms with van der Waals surface area (Å²) in [5.74, 6) is 0.0824. The summed E-state index contributed by atoms with van der Waals surface area (Å²) in [5, 5.41) is 14.0. The number of hydrazone groups is 1. The maximum Gasteiger partial charge on any atom is 0.240 e. The fourth-order valence-electron chi connectivity index (χ4n) is 2.55. The van der Waals surface area contributed by atoms with Crippen molar-refractivity contribution in [1.82, 2.24) is 5.43 Å². The van der Waals surface area contributed by atoms with Gasteiger partial charge in [0, 0.05) is 36.8 Å². The van der Waals surface area contributed by atoms with Crippen LogP contribution in [0, 0.1) is 0 Å². The average molecular weight is 333 g/mol. The van der Waals surface area contributed by atoms with Gasteiger partial charge in [-0.1, -0.05) is 32.6 Å². The molecule has 0 heterocycles. The van der Waals surface area contributed by atoms with Crippen molar-refractivity contribution in [3.63, 3.8) is 0 Å². The highest BCUT2D eigenvalue weighted by Crippen LogP contribution is 2.23. The van der Waals surface area contributed by atoms with Crippen LogP contribution in [0.5, 0.6) is 5.75 Å². The lowest BCUT2D eigenvalue weighted by Gasteiger charge is -2.21. The molecule has 0 radical (unpaired) electrons. The molecule has 5 nitrogen and oxygen atoms in total. The number of hydrogen-bond acceptors (Lipinski definition) is 4. The molecule has 5 heteroatoms. The SMILES string of the molecule is CCCCCCCC(=O)N/N=C/c1ccc(N(CC)CC)cc1O. The number of carbonyl (C=O) groups is 1. The summed E-state index contributed by atoms with van der Waals surface area (Å²) in [6.07, 6.45) is 7.56. The molecule has 2 N–H and O–H groups in total. The van der Waals surface area contributed by atoms with E-state index in [0.29, 0.717) is 12.0 Å². The number of rotatable bonds is 11. The summed E-state index contributed by atoms with van der Waals surface area (Å²) >= 11 is 0. The Morgan fingerprint density at radius 1 is 1.17 bits per heavy atom. The summed E-state index contributed by atoms with van der Waals surface area (Å²) in [4.78, 5) is 13.8. The van der Waals surface area contributed by atoms with Gasteiger partial charge in [-0.15, -0.1) is 0 Å². The van der Waals surface area contributed by atoms with E-state index in [0.717, 1.165) is 31.6 Å². The third-order valence-corrected chi connectivity index (χ3v) is 4.04. The Bertz CT molecular complexity index is 525. The van der Waals surface area contributed by atoms with Crippen LogP contribution in [-0.2, 0) is 4.79 Å². The minimum Gasteiger partial charge on any atom is -0.507 e. The monoisotopic (exact) mass is 333 g/mol. The number of aromatic hydroxyl groups is 1. The second-order valence-corrected chi connectivity index (χ2v) is 5.87. The lowest BCUT2D eigenvalue weighted by molar-refractivity contribution is -0.121. The number of phenols is 1. The molecule has 0 saturated heterocycles. The van der Waals surface area contributed by atoms with Gasteiger partial charge in [0.2, 0.25) is 5.91 Å². The van der Waals surface area contributed by atoms with Crippen molar-refractivity contribution < 1.29 is 9.90 Å². The highest BCUT2D eigenvalue weighted by molar-refractivity contribution is 5.86. The van der Waals surface area contributed by atoms with Gasteiger partial charge >= 0.3 is 0 Å². The Balaban J connectivity index is 2.45. The van der Waals surface area contributed by atoms with E-state index in [2.05, 4.69) is 36.2 Å². The van der Waals surface area contributed by atoms with Gasteiger partial charge in [-0.2, -0.15) is 5.10 Å². The first-order valence-electron chi connectivity index (χ1n) is 9.02. The zero-order valence-electron chi connectivity index (χ0n) is 15.2. The molecule has 0 saturated carbocycles. The zero-order chi connectivity index (χ0) is 17.8. The van der Waals surface area contributed by atoms with Crippen LogP contribution in [-0.4, -0.2) is 30.3 Å². The number of benzene rings is 1. The average Bonchev–Trinajstić information content (AvgIpc) is 2.57. The Labute approximate surface area is 145 Å². The van der Waals surface area contributed by atoms with Crippen LogP contribution in [0.3, 0.4) is 0 Å². The molecule has 0 aromatic heterocycles. The predicted octanol–water partition coefficient (Wildman–Crippen LogP) is 4.05. The fraction of sp³-hybridized carbons (Fsp3) is 0.579. The molecule has 1 aromatic carbocycles. The standard InChI is InChI=1S/C19H31N3O2/c1-4-7-8-9-10-11-19(24)21-20-15-16-12-13-17(14-18(16)23)22(5-2)6-3/h12-15,23H,4-11H2,1-3H3,(H,21,24)/b20-15+. The second kappa shape index (κ2) is 11.5. The topological polar surface area (TPSA) is 64.9 Å². The van der Waals surface area contributed by atoms with E-state index in [1.54, 1.807) is 6.07 Å².